The number of benzene rings is 2. The van der Waals surface area contributed by atoms with Crippen LogP contribution in [-0.4, -0.2) is 31.5 Å². The van der Waals surface area contributed by atoms with Gasteiger partial charge in [0.1, 0.15) is 5.75 Å². The molecule has 2 aromatic rings. The Balaban J connectivity index is 1.99. The summed E-state index contributed by atoms with van der Waals surface area (Å²) in [4.78, 5) is 14.2. The lowest BCUT2D eigenvalue weighted by Gasteiger charge is -2.25. The van der Waals surface area contributed by atoms with Crippen LogP contribution in [0, 0.1) is 0 Å². The van der Waals surface area contributed by atoms with Gasteiger partial charge in [-0.15, -0.1) is 0 Å². The number of anilines is 1. The number of hydrogen-bond acceptors (Lipinski definition) is 3. The Morgan fingerprint density at radius 3 is 2.67 bits per heavy atom. The third kappa shape index (κ3) is 4.87. The molecule has 2 rings (SSSR count). The number of ether oxygens (including phenoxy) is 1. The minimum absolute atomic E-state index is 0.0224. The van der Waals surface area contributed by atoms with E-state index in [4.69, 9.17) is 27.9 Å². The standard InChI is InChI=1S/C18H20Cl2N2O2/c1-12(16-8-7-13(19)9-17(16)20)22(2)11-18(23)21-14-5-4-6-15(10-14)24-3/h4-10,12H,11H2,1-3H3,(H,21,23). The number of rotatable bonds is 6. The number of hydrogen-bond donors (Lipinski definition) is 1. The van der Waals surface area contributed by atoms with Crippen LogP contribution in [0.4, 0.5) is 5.69 Å². The highest BCUT2D eigenvalue weighted by Gasteiger charge is 2.17. The minimum atomic E-state index is -0.109. The molecule has 6 heteroatoms. The van der Waals surface area contributed by atoms with Crippen molar-refractivity contribution in [3.05, 3.63) is 58.1 Å². The van der Waals surface area contributed by atoms with E-state index in [1.54, 1.807) is 25.3 Å². The maximum Gasteiger partial charge on any atom is 0.238 e. The van der Waals surface area contributed by atoms with Crippen LogP contribution in [0.15, 0.2) is 42.5 Å². The molecule has 2 aromatic carbocycles. The summed E-state index contributed by atoms with van der Waals surface area (Å²) in [5, 5.41) is 4.05. The second kappa shape index (κ2) is 8.38. The smallest absolute Gasteiger partial charge is 0.238 e. The Morgan fingerprint density at radius 2 is 2.00 bits per heavy atom. The first kappa shape index (κ1) is 18.6. The number of nitrogens with zero attached hydrogens (tertiary/aromatic N) is 1. The molecule has 0 spiro atoms. The molecule has 1 unspecified atom stereocenters. The number of carbonyl (C=O) groups is 1. The van der Waals surface area contributed by atoms with Crippen LogP contribution in [0.3, 0.4) is 0 Å². The van der Waals surface area contributed by atoms with Gasteiger partial charge in [0.15, 0.2) is 0 Å². The monoisotopic (exact) mass is 366 g/mol. The number of nitrogens with one attached hydrogen (secondary N) is 1. The summed E-state index contributed by atoms with van der Waals surface area (Å²) in [7, 11) is 3.47. The fourth-order valence-electron chi connectivity index (χ4n) is 2.34. The molecule has 128 valence electrons. The van der Waals surface area contributed by atoms with Gasteiger partial charge >= 0.3 is 0 Å². The second-order valence-corrected chi connectivity index (χ2v) is 6.38. The summed E-state index contributed by atoms with van der Waals surface area (Å²) in [6, 6.07) is 12.6. The van der Waals surface area contributed by atoms with Crippen molar-refractivity contribution in [3.8, 4) is 5.75 Å². The molecule has 0 aliphatic rings. The van der Waals surface area contributed by atoms with E-state index < -0.39 is 0 Å². The molecule has 0 aliphatic heterocycles. The number of carbonyl (C=O) groups excluding carboxylic acids is 1. The van der Waals surface area contributed by atoms with E-state index in [1.165, 1.54) is 0 Å². The Kier molecular flexibility index (Phi) is 6.49. The first-order valence-electron chi connectivity index (χ1n) is 7.50. The first-order chi connectivity index (χ1) is 11.4. The first-order valence-corrected chi connectivity index (χ1v) is 8.25. The quantitative estimate of drug-likeness (QED) is 0.809. The lowest BCUT2D eigenvalue weighted by atomic mass is 10.1. The van der Waals surface area contributed by atoms with Gasteiger partial charge in [0.05, 0.1) is 13.7 Å². The van der Waals surface area contributed by atoms with Gasteiger partial charge < -0.3 is 10.1 Å². The molecule has 24 heavy (non-hydrogen) atoms. The van der Waals surface area contributed by atoms with Crippen molar-refractivity contribution in [2.45, 2.75) is 13.0 Å². The highest BCUT2D eigenvalue weighted by Crippen LogP contribution is 2.29. The van der Waals surface area contributed by atoms with Gasteiger partial charge in [-0.2, -0.15) is 0 Å². The van der Waals surface area contributed by atoms with E-state index in [2.05, 4.69) is 5.32 Å². The zero-order chi connectivity index (χ0) is 17.7. The van der Waals surface area contributed by atoms with Gasteiger partial charge in [0.2, 0.25) is 5.91 Å². The van der Waals surface area contributed by atoms with E-state index >= 15 is 0 Å². The highest BCUT2D eigenvalue weighted by atomic mass is 35.5. The van der Waals surface area contributed by atoms with Gasteiger partial charge in [-0.05, 0) is 43.8 Å². The average molecular weight is 367 g/mol. The Hall–Kier alpha value is -1.75. The van der Waals surface area contributed by atoms with Gasteiger partial charge in [0.25, 0.3) is 0 Å². The molecule has 4 nitrogen and oxygen atoms in total. The zero-order valence-corrected chi connectivity index (χ0v) is 15.4. The third-order valence-corrected chi connectivity index (χ3v) is 4.38. The third-order valence-electron chi connectivity index (χ3n) is 3.82. The molecular formula is C18H20Cl2N2O2. The van der Waals surface area contributed by atoms with Gasteiger partial charge in [0, 0.05) is 27.8 Å². The normalized spacial score (nSPS) is 12.1. The SMILES string of the molecule is COc1cccc(NC(=O)CN(C)C(C)c2ccc(Cl)cc2Cl)c1. The van der Waals surface area contributed by atoms with Crippen molar-refractivity contribution in [2.75, 3.05) is 26.0 Å². The predicted octanol–water partition coefficient (Wildman–Crippen LogP) is 4.63. The lowest BCUT2D eigenvalue weighted by Crippen LogP contribution is -2.32. The van der Waals surface area contributed by atoms with Crippen LogP contribution in [-0.2, 0) is 4.79 Å². The van der Waals surface area contributed by atoms with Crippen LogP contribution in [0.2, 0.25) is 10.0 Å². The molecule has 1 amide bonds. The molecule has 0 saturated carbocycles. The van der Waals surface area contributed by atoms with E-state index in [-0.39, 0.29) is 18.5 Å². The molecule has 0 bridgehead atoms. The number of methoxy groups -OCH3 is 1. The summed E-state index contributed by atoms with van der Waals surface area (Å²) in [6.07, 6.45) is 0. The predicted molar refractivity (Wildman–Crippen MR) is 99.1 cm³/mol. The van der Waals surface area contributed by atoms with Crippen LogP contribution < -0.4 is 10.1 Å². The topological polar surface area (TPSA) is 41.6 Å². The maximum atomic E-state index is 12.2. The van der Waals surface area contributed by atoms with Gasteiger partial charge in [-0.3, -0.25) is 9.69 Å². The van der Waals surface area contributed by atoms with Crippen LogP contribution in [0.25, 0.3) is 0 Å². The summed E-state index contributed by atoms with van der Waals surface area (Å²) in [6.45, 7) is 2.23. The lowest BCUT2D eigenvalue weighted by molar-refractivity contribution is -0.117. The zero-order valence-electron chi connectivity index (χ0n) is 13.8. The van der Waals surface area contributed by atoms with Crippen molar-refractivity contribution in [2.24, 2.45) is 0 Å². The molecule has 0 saturated heterocycles. The molecule has 0 radical (unpaired) electrons. The Labute approximate surface area is 152 Å². The summed E-state index contributed by atoms with van der Waals surface area (Å²) >= 11 is 12.2. The molecular weight excluding hydrogens is 347 g/mol. The number of amides is 1. The van der Waals surface area contributed by atoms with Crippen LogP contribution >= 0.6 is 23.2 Å². The van der Waals surface area contributed by atoms with E-state index in [9.17, 15) is 4.79 Å². The van der Waals surface area contributed by atoms with Crippen molar-refractivity contribution in [1.82, 2.24) is 4.90 Å². The number of likely N-dealkylation sites (N-methyl/N-ethyl adjacent to an activating group) is 1. The number of halogens is 2. The molecule has 1 atom stereocenters. The van der Waals surface area contributed by atoms with Crippen LogP contribution in [0.1, 0.15) is 18.5 Å². The van der Waals surface area contributed by atoms with Crippen molar-refractivity contribution >= 4 is 34.8 Å². The summed E-state index contributed by atoms with van der Waals surface area (Å²) < 4.78 is 5.15. The van der Waals surface area contributed by atoms with Crippen molar-refractivity contribution in [1.29, 1.82) is 0 Å². The highest BCUT2D eigenvalue weighted by molar-refractivity contribution is 6.35. The van der Waals surface area contributed by atoms with Gasteiger partial charge in [-0.25, -0.2) is 0 Å². The molecule has 0 heterocycles. The average Bonchev–Trinajstić information content (AvgIpc) is 2.54. The van der Waals surface area contributed by atoms with Gasteiger partial charge in [-0.1, -0.05) is 35.3 Å². The van der Waals surface area contributed by atoms with E-state index in [1.807, 2.05) is 43.1 Å². The van der Waals surface area contributed by atoms with Crippen molar-refractivity contribution < 1.29 is 9.53 Å². The maximum absolute atomic E-state index is 12.2. The Morgan fingerprint density at radius 1 is 1.25 bits per heavy atom. The fourth-order valence-corrected chi connectivity index (χ4v) is 2.91. The minimum Gasteiger partial charge on any atom is -0.497 e. The molecule has 0 fully saturated rings. The van der Waals surface area contributed by atoms with E-state index in [0.717, 1.165) is 5.56 Å². The van der Waals surface area contributed by atoms with Crippen LogP contribution in [0.5, 0.6) is 5.75 Å². The largest absolute Gasteiger partial charge is 0.497 e. The molecule has 1 N–H and O–H groups in total. The molecule has 0 aliphatic carbocycles. The fraction of sp³-hybridized carbons (Fsp3) is 0.278. The summed E-state index contributed by atoms with van der Waals surface area (Å²) in [5.74, 6) is 0.588. The van der Waals surface area contributed by atoms with E-state index in [0.29, 0.717) is 21.5 Å². The van der Waals surface area contributed by atoms with Crippen molar-refractivity contribution in [3.63, 3.8) is 0 Å². The Bertz CT molecular complexity index is 722. The second-order valence-electron chi connectivity index (χ2n) is 5.54. The summed E-state index contributed by atoms with van der Waals surface area (Å²) in [5.41, 5.74) is 1.63. The molecule has 0 aromatic heterocycles.